The van der Waals surface area contributed by atoms with Crippen molar-refractivity contribution >= 4 is 23.8 Å². The van der Waals surface area contributed by atoms with Gasteiger partial charge in [0.1, 0.15) is 6.29 Å². The van der Waals surface area contributed by atoms with E-state index >= 15 is 0 Å². The lowest BCUT2D eigenvalue weighted by atomic mass is 9.96. The molecule has 0 saturated carbocycles. The van der Waals surface area contributed by atoms with Gasteiger partial charge in [-0.15, -0.1) is 11.8 Å². The molecule has 1 heterocycles. The summed E-state index contributed by atoms with van der Waals surface area (Å²) in [5.41, 5.74) is 2.83. The molecule has 3 heteroatoms. The molecule has 0 spiro atoms. The second-order valence-corrected chi connectivity index (χ2v) is 5.12. The Morgan fingerprint density at radius 3 is 2.61 bits per heavy atom. The second-order valence-electron chi connectivity index (χ2n) is 4.11. The normalized spacial score (nSPS) is 13.4. The molecule has 0 aliphatic carbocycles. The predicted molar refractivity (Wildman–Crippen MR) is 71.3 cm³/mol. The van der Waals surface area contributed by atoms with Gasteiger partial charge in [-0.1, -0.05) is 30.3 Å². The Hall–Kier alpha value is -1.87. The van der Waals surface area contributed by atoms with Gasteiger partial charge in [0, 0.05) is 27.3 Å². The number of hydrogen-bond donors (Lipinski definition) is 0. The monoisotopic (exact) mass is 254 g/mol. The first-order valence-corrected chi connectivity index (χ1v) is 6.63. The second kappa shape index (κ2) is 4.42. The van der Waals surface area contributed by atoms with Crippen LogP contribution in [0.1, 0.15) is 31.8 Å². The smallest absolute Gasteiger partial charge is 0.194 e. The Bertz CT molecular complexity index is 647. The Balaban J connectivity index is 2.24. The fourth-order valence-corrected chi connectivity index (χ4v) is 3.28. The number of rotatable bonds is 1. The number of fused-ring (bicyclic) bond motifs is 2. The number of aldehydes is 1. The summed E-state index contributed by atoms with van der Waals surface area (Å²) in [6.07, 6.45) is 0.822. The van der Waals surface area contributed by atoms with Crippen LogP contribution >= 0.6 is 11.8 Å². The quantitative estimate of drug-likeness (QED) is 0.732. The molecule has 2 aromatic rings. The lowest BCUT2D eigenvalue weighted by molar-refractivity contribution is 0.103. The third-order valence-corrected chi connectivity index (χ3v) is 4.19. The van der Waals surface area contributed by atoms with Crippen molar-refractivity contribution in [1.82, 2.24) is 0 Å². The number of benzene rings is 2. The molecule has 0 aromatic heterocycles. The maximum atomic E-state index is 12.5. The summed E-state index contributed by atoms with van der Waals surface area (Å²) in [6.45, 7) is 0. The van der Waals surface area contributed by atoms with Crippen LogP contribution in [0.15, 0.2) is 47.4 Å². The molecule has 2 aromatic carbocycles. The molecule has 1 aliphatic rings. The molecule has 0 bridgehead atoms. The number of hydrogen-bond acceptors (Lipinski definition) is 3. The van der Waals surface area contributed by atoms with Gasteiger partial charge in [-0.25, -0.2) is 0 Å². The lowest BCUT2D eigenvalue weighted by Gasteiger charge is -2.06. The fourth-order valence-electron chi connectivity index (χ4n) is 2.16. The van der Waals surface area contributed by atoms with Gasteiger partial charge >= 0.3 is 0 Å². The summed E-state index contributed by atoms with van der Waals surface area (Å²) >= 11 is 1.61. The third kappa shape index (κ3) is 1.68. The van der Waals surface area contributed by atoms with Gasteiger partial charge < -0.3 is 0 Å². The molecular formula is C15H10O2S. The number of carbonyl (C=O) groups excluding carboxylic acids is 2. The van der Waals surface area contributed by atoms with Crippen molar-refractivity contribution in [3.63, 3.8) is 0 Å². The zero-order valence-electron chi connectivity index (χ0n) is 9.55. The van der Waals surface area contributed by atoms with E-state index in [1.807, 2.05) is 24.3 Å². The van der Waals surface area contributed by atoms with Gasteiger partial charge in [-0.2, -0.15) is 0 Å². The van der Waals surface area contributed by atoms with Gasteiger partial charge in [0.2, 0.25) is 0 Å². The predicted octanol–water partition coefficient (Wildman–Crippen LogP) is 3.34. The molecule has 2 nitrogen and oxygen atoms in total. The Morgan fingerprint density at radius 1 is 1.00 bits per heavy atom. The van der Waals surface area contributed by atoms with Crippen molar-refractivity contribution in [2.45, 2.75) is 10.6 Å². The van der Waals surface area contributed by atoms with Crippen molar-refractivity contribution < 1.29 is 9.59 Å². The largest absolute Gasteiger partial charge is 0.298 e. The van der Waals surface area contributed by atoms with Crippen molar-refractivity contribution in [2.24, 2.45) is 0 Å². The highest BCUT2D eigenvalue weighted by Gasteiger charge is 2.22. The summed E-state index contributed by atoms with van der Waals surface area (Å²) < 4.78 is 0. The van der Waals surface area contributed by atoms with E-state index in [2.05, 4.69) is 0 Å². The standard InChI is InChI=1S/C15H10O2S/c16-8-10-4-3-6-11-13(10)9-18-14-7-2-1-5-12(14)15(11)17/h1-8H,9H2. The molecule has 18 heavy (non-hydrogen) atoms. The van der Waals surface area contributed by atoms with Crippen LogP contribution in [0.5, 0.6) is 0 Å². The Kier molecular flexibility index (Phi) is 2.76. The van der Waals surface area contributed by atoms with Crippen LogP contribution in [0, 0.1) is 0 Å². The fraction of sp³-hybridized carbons (Fsp3) is 0.0667. The van der Waals surface area contributed by atoms with E-state index in [0.29, 0.717) is 16.9 Å². The molecule has 0 amide bonds. The maximum absolute atomic E-state index is 12.5. The topological polar surface area (TPSA) is 34.1 Å². The highest BCUT2D eigenvalue weighted by atomic mass is 32.2. The minimum absolute atomic E-state index is 0.00861. The van der Waals surface area contributed by atoms with Crippen LogP contribution in [0.25, 0.3) is 0 Å². The van der Waals surface area contributed by atoms with Crippen LogP contribution in [0.2, 0.25) is 0 Å². The number of thioether (sulfide) groups is 1. The van der Waals surface area contributed by atoms with E-state index in [1.165, 1.54) is 0 Å². The summed E-state index contributed by atoms with van der Waals surface area (Å²) in [5, 5.41) is 0. The summed E-state index contributed by atoms with van der Waals surface area (Å²) in [4.78, 5) is 24.5. The number of carbonyl (C=O) groups is 2. The molecule has 88 valence electrons. The Labute approximate surface area is 109 Å². The summed E-state index contributed by atoms with van der Waals surface area (Å²) in [5.74, 6) is 0.668. The van der Waals surface area contributed by atoms with E-state index < -0.39 is 0 Å². The highest BCUT2D eigenvalue weighted by molar-refractivity contribution is 7.98. The van der Waals surface area contributed by atoms with Crippen molar-refractivity contribution in [3.8, 4) is 0 Å². The van der Waals surface area contributed by atoms with Crippen molar-refractivity contribution in [3.05, 3.63) is 64.7 Å². The average Bonchev–Trinajstić information content (AvgIpc) is 2.57. The zero-order chi connectivity index (χ0) is 12.5. The Morgan fingerprint density at radius 2 is 1.78 bits per heavy atom. The zero-order valence-corrected chi connectivity index (χ0v) is 10.4. The van der Waals surface area contributed by atoms with Crippen molar-refractivity contribution in [2.75, 3.05) is 0 Å². The van der Waals surface area contributed by atoms with Crippen molar-refractivity contribution in [1.29, 1.82) is 0 Å². The molecule has 0 N–H and O–H groups in total. The van der Waals surface area contributed by atoms with Crippen LogP contribution in [-0.4, -0.2) is 12.1 Å². The van der Waals surface area contributed by atoms with Gasteiger partial charge in [-0.05, 0) is 17.7 Å². The van der Waals surface area contributed by atoms with E-state index in [0.717, 1.165) is 22.3 Å². The van der Waals surface area contributed by atoms with Gasteiger partial charge in [0.05, 0.1) is 0 Å². The van der Waals surface area contributed by atoms with E-state index in [4.69, 9.17) is 0 Å². The maximum Gasteiger partial charge on any atom is 0.194 e. The molecule has 1 aliphatic heterocycles. The summed E-state index contributed by atoms with van der Waals surface area (Å²) in [7, 11) is 0. The average molecular weight is 254 g/mol. The minimum Gasteiger partial charge on any atom is -0.298 e. The van der Waals surface area contributed by atoms with E-state index in [1.54, 1.807) is 30.0 Å². The molecule has 0 fully saturated rings. The molecule has 0 saturated heterocycles. The van der Waals surface area contributed by atoms with Crippen LogP contribution in [0.3, 0.4) is 0 Å². The molecule has 0 unspecified atom stereocenters. The first-order valence-electron chi connectivity index (χ1n) is 5.65. The SMILES string of the molecule is O=Cc1cccc2c1CSc1ccccc1C2=O. The molecule has 0 atom stereocenters. The molecule has 0 radical (unpaired) electrons. The van der Waals surface area contributed by atoms with Crippen LogP contribution < -0.4 is 0 Å². The van der Waals surface area contributed by atoms with Gasteiger partial charge in [0.15, 0.2) is 5.78 Å². The number of ketones is 1. The van der Waals surface area contributed by atoms with E-state index in [-0.39, 0.29) is 5.78 Å². The van der Waals surface area contributed by atoms with E-state index in [9.17, 15) is 9.59 Å². The lowest BCUT2D eigenvalue weighted by Crippen LogP contribution is -2.05. The first kappa shape index (κ1) is 11.2. The first-order chi connectivity index (χ1) is 8.81. The molecular weight excluding hydrogens is 244 g/mol. The van der Waals surface area contributed by atoms with Crippen LogP contribution in [-0.2, 0) is 5.75 Å². The van der Waals surface area contributed by atoms with Crippen LogP contribution in [0.4, 0.5) is 0 Å². The third-order valence-electron chi connectivity index (χ3n) is 3.09. The van der Waals surface area contributed by atoms with Gasteiger partial charge in [0.25, 0.3) is 0 Å². The molecule has 3 rings (SSSR count). The highest BCUT2D eigenvalue weighted by Crippen LogP contribution is 2.34. The summed E-state index contributed by atoms with van der Waals surface area (Å²) in [6, 6.07) is 12.9. The van der Waals surface area contributed by atoms with Gasteiger partial charge in [-0.3, -0.25) is 9.59 Å². The minimum atomic E-state index is 0.00861.